The van der Waals surface area contributed by atoms with Crippen molar-refractivity contribution in [2.75, 3.05) is 31.1 Å². The van der Waals surface area contributed by atoms with Crippen LogP contribution in [0, 0.1) is 0 Å². The second kappa shape index (κ2) is 12.8. The molecule has 1 aliphatic heterocycles. The Bertz CT molecular complexity index is 1490. The van der Waals surface area contributed by atoms with Crippen LogP contribution in [0.5, 0.6) is 11.5 Å². The Labute approximate surface area is 243 Å². The van der Waals surface area contributed by atoms with Gasteiger partial charge in [-0.2, -0.15) is 0 Å². The Hall–Kier alpha value is -3.47. The van der Waals surface area contributed by atoms with E-state index in [0.717, 1.165) is 4.31 Å². The zero-order chi connectivity index (χ0) is 28.9. The van der Waals surface area contributed by atoms with Gasteiger partial charge in [0.2, 0.25) is 11.8 Å². The van der Waals surface area contributed by atoms with E-state index in [1.807, 2.05) is 0 Å². The molecule has 3 aromatic carbocycles. The summed E-state index contributed by atoms with van der Waals surface area (Å²) in [5, 5.41) is 3.32. The topological polar surface area (TPSA) is 105 Å². The van der Waals surface area contributed by atoms with Crippen molar-refractivity contribution in [3.8, 4) is 11.5 Å². The Morgan fingerprint density at radius 3 is 2.33 bits per heavy atom. The van der Waals surface area contributed by atoms with Crippen LogP contribution in [0.25, 0.3) is 0 Å². The summed E-state index contributed by atoms with van der Waals surface area (Å²) in [5.41, 5.74) is 0.762. The molecule has 0 saturated heterocycles. The number of halogens is 2. The largest absolute Gasteiger partial charge is 0.486 e. The van der Waals surface area contributed by atoms with E-state index < -0.39 is 34.4 Å². The lowest BCUT2D eigenvalue weighted by atomic mass is 10.1. The molecule has 1 N–H and O–H groups in total. The fourth-order valence-electron chi connectivity index (χ4n) is 4.36. The zero-order valence-electron chi connectivity index (χ0n) is 22.0. The number of likely N-dealkylation sites (N-methyl/N-ethyl adjacent to an activating group) is 1. The maximum absolute atomic E-state index is 14.0. The van der Waals surface area contributed by atoms with Crippen molar-refractivity contribution in [1.82, 2.24) is 10.2 Å². The van der Waals surface area contributed by atoms with Gasteiger partial charge < -0.3 is 19.7 Å². The van der Waals surface area contributed by atoms with Gasteiger partial charge in [-0.05, 0) is 48.4 Å². The molecule has 0 unspecified atom stereocenters. The molecule has 0 aliphatic carbocycles. The molecular formula is C28H29Cl2N3O6S. The molecule has 0 spiro atoms. The van der Waals surface area contributed by atoms with Crippen LogP contribution in [0.15, 0.2) is 71.6 Å². The van der Waals surface area contributed by atoms with E-state index >= 15 is 0 Å². The molecule has 0 bridgehead atoms. The molecule has 3 aromatic rings. The van der Waals surface area contributed by atoms with Crippen LogP contribution in [-0.4, -0.2) is 58.0 Å². The number of hydrogen-bond acceptors (Lipinski definition) is 6. The summed E-state index contributed by atoms with van der Waals surface area (Å²) in [4.78, 5) is 28.2. The van der Waals surface area contributed by atoms with Gasteiger partial charge in [-0.3, -0.25) is 13.9 Å². The van der Waals surface area contributed by atoms with Crippen molar-refractivity contribution in [1.29, 1.82) is 0 Å². The molecule has 0 aromatic heterocycles. The molecule has 0 fully saturated rings. The average molecular weight is 607 g/mol. The molecular weight excluding hydrogens is 577 g/mol. The number of amides is 2. The predicted molar refractivity (Wildman–Crippen MR) is 154 cm³/mol. The standard InChI is InChI=1S/C28H29Cl2N3O6S/c1-3-24(28(35)31-2)32(17-19-9-10-20(29)15-23(19)30)27(34)18-33(40(36,37)22-7-5-4-6-8-22)21-11-12-25-26(16-21)39-14-13-38-25/h4-12,15-16,24H,3,13-14,17-18H2,1-2H3,(H,31,35)/t24-/m1/s1. The minimum absolute atomic E-state index is 0.00308. The highest BCUT2D eigenvalue weighted by Gasteiger charge is 2.34. The highest BCUT2D eigenvalue weighted by molar-refractivity contribution is 7.92. The third kappa shape index (κ3) is 6.46. The molecule has 12 heteroatoms. The highest BCUT2D eigenvalue weighted by atomic mass is 35.5. The Morgan fingerprint density at radius 2 is 1.68 bits per heavy atom. The average Bonchev–Trinajstić information content (AvgIpc) is 2.96. The molecule has 0 radical (unpaired) electrons. The van der Waals surface area contributed by atoms with Gasteiger partial charge in [-0.1, -0.05) is 54.4 Å². The van der Waals surface area contributed by atoms with Crippen LogP contribution in [0.3, 0.4) is 0 Å². The number of ether oxygens (including phenoxy) is 2. The minimum atomic E-state index is -4.21. The van der Waals surface area contributed by atoms with Crippen molar-refractivity contribution < 1.29 is 27.5 Å². The van der Waals surface area contributed by atoms with Crippen LogP contribution in [0.2, 0.25) is 10.0 Å². The fourth-order valence-corrected chi connectivity index (χ4v) is 6.25. The zero-order valence-corrected chi connectivity index (χ0v) is 24.3. The highest BCUT2D eigenvalue weighted by Crippen LogP contribution is 2.36. The van der Waals surface area contributed by atoms with Gasteiger partial charge in [-0.15, -0.1) is 0 Å². The van der Waals surface area contributed by atoms with Crippen LogP contribution in [0.1, 0.15) is 18.9 Å². The van der Waals surface area contributed by atoms with Gasteiger partial charge in [0.05, 0.1) is 10.6 Å². The van der Waals surface area contributed by atoms with Crippen molar-refractivity contribution in [3.63, 3.8) is 0 Å². The predicted octanol–water partition coefficient (Wildman–Crippen LogP) is 4.51. The van der Waals surface area contributed by atoms with E-state index in [1.165, 1.54) is 30.1 Å². The van der Waals surface area contributed by atoms with E-state index in [1.54, 1.807) is 55.5 Å². The maximum Gasteiger partial charge on any atom is 0.264 e. The number of carbonyl (C=O) groups excluding carboxylic acids is 2. The molecule has 9 nitrogen and oxygen atoms in total. The summed E-state index contributed by atoms with van der Waals surface area (Å²) < 4.78 is 40.1. The molecule has 1 heterocycles. The third-order valence-electron chi connectivity index (χ3n) is 6.41. The molecule has 2 amide bonds. The Morgan fingerprint density at radius 1 is 0.975 bits per heavy atom. The first-order chi connectivity index (χ1) is 19.1. The summed E-state index contributed by atoms with van der Waals surface area (Å²) in [7, 11) is -2.73. The van der Waals surface area contributed by atoms with Crippen LogP contribution >= 0.6 is 23.2 Å². The second-order valence-electron chi connectivity index (χ2n) is 8.95. The lowest BCUT2D eigenvalue weighted by Gasteiger charge is -2.33. The SMILES string of the molecule is CC[C@H](C(=O)NC)N(Cc1ccc(Cl)cc1Cl)C(=O)CN(c1ccc2c(c1)OCCO2)S(=O)(=O)c1ccccc1. The monoisotopic (exact) mass is 605 g/mol. The van der Waals surface area contributed by atoms with Crippen molar-refractivity contribution in [2.45, 2.75) is 30.8 Å². The van der Waals surface area contributed by atoms with E-state index in [2.05, 4.69) is 5.32 Å². The molecule has 0 saturated carbocycles. The summed E-state index contributed by atoms with van der Waals surface area (Å²) in [5.74, 6) is -0.150. The lowest BCUT2D eigenvalue weighted by Crippen LogP contribution is -2.51. The molecule has 4 rings (SSSR count). The normalized spacial score (nSPS) is 13.3. The number of hydrogen-bond donors (Lipinski definition) is 1. The summed E-state index contributed by atoms with van der Waals surface area (Å²) in [6.45, 7) is 1.82. The maximum atomic E-state index is 14.0. The van der Waals surface area contributed by atoms with Gasteiger partial charge >= 0.3 is 0 Å². The summed E-state index contributed by atoms with van der Waals surface area (Å²) in [6, 6.07) is 16.5. The summed E-state index contributed by atoms with van der Waals surface area (Å²) in [6.07, 6.45) is 0.284. The molecule has 212 valence electrons. The number of fused-ring (bicyclic) bond motifs is 1. The van der Waals surface area contributed by atoms with Gasteiger partial charge in [0.25, 0.3) is 10.0 Å². The van der Waals surface area contributed by atoms with E-state index in [4.69, 9.17) is 32.7 Å². The number of rotatable bonds is 10. The number of anilines is 1. The fraction of sp³-hybridized carbons (Fsp3) is 0.286. The minimum Gasteiger partial charge on any atom is -0.486 e. The van der Waals surface area contributed by atoms with Crippen molar-refractivity contribution in [2.24, 2.45) is 0 Å². The van der Waals surface area contributed by atoms with Crippen LogP contribution in [0.4, 0.5) is 5.69 Å². The van der Waals surface area contributed by atoms with Crippen LogP contribution < -0.4 is 19.1 Å². The lowest BCUT2D eigenvalue weighted by molar-refractivity contribution is -0.140. The summed E-state index contributed by atoms with van der Waals surface area (Å²) >= 11 is 12.5. The Balaban J connectivity index is 1.77. The quantitative estimate of drug-likeness (QED) is 0.364. The molecule has 1 aliphatic rings. The van der Waals surface area contributed by atoms with Crippen molar-refractivity contribution in [3.05, 3.63) is 82.3 Å². The number of nitrogens with zero attached hydrogens (tertiary/aromatic N) is 2. The second-order valence-corrected chi connectivity index (χ2v) is 11.7. The molecule has 1 atom stereocenters. The number of benzene rings is 3. The number of sulfonamides is 1. The van der Waals surface area contributed by atoms with E-state index in [-0.39, 0.29) is 23.5 Å². The first-order valence-electron chi connectivity index (χ1n) is 12.6. The molecule has 40 heavy (non-hydrogen) atoms. The van der Waals surface area contributed by atoms with Gasteiger partial charge in [0, 0.05) is 29.7 Å². The smallest absolute Gasteiger partial charge is 0.264 e. The van der Waals surface area contributed by atoms with Crippen LogP contribution in [-0.2, 0) is 26.2 Å². The van der Waals surface area contributed by atoms with E-state index in [9.17, 15) is 18.0 Å². The number of carbonyl (C=O) groups is 2. The van der Waals surface area contributed by atoms with Gasteiger partial charge in [0.15, 0.2) is 11.5 Å². The first kappa shape index (κ1) is 29.5. The third-order valence-corrected chi connectivity index (χ3v) is 8.79. The Kier molecular flexibility index (Phi) is 9.44. The first-order valence-corrected chi connectivity index (χ1v) is 14.8. The number of nitrogens with one attached hydrogen (secondary N) is 1. The van der Waals surface area contributed by atoms with E-state index in [0.29, 0.717) is 40.3 Å². The van der Waals surface area contributed by atoms with Crippen molar-refractivity contribution >= 4 is 50.7 Å². The van der Waals surface area contributed by atoms with Gasteiger partial charge in [0.1, 0.15) is 25.8 Å². The van der Waals surface area contributed by atoms with Gasteiger partial charge in [-0.25, -0.2) is 8.42 Å².